The number of carbonyl (C=O) groups is 2. The normalized spacial score (nSPS) is 14.3. The molecular formula is C10H18N2O3. The van der Waals surface area contributed by atoms with Crippen LogP contribution in [0.2, 0.25) is 0 Å². The number of rotatable bonds is 7. The number of aliphatic carboxylic acids is 1. The molecule has 0 aliphatic rings. The molecular weight excluding hydrogens is 196 g/mol. The highest BCUT2D eigenvalue weighted by atomic mass is 16.4. The van der Waals surface area contributed by atoms with Gasteiger partial charge in [-0.2, -0.15) is 0 Å². The Labute approximate surface area is 89.1 Å². The van der Waals surface area contributed by atoms with Gasteiger partial charge in [-0.25, -0.2) is 0 Å². The fraction of sp³-hybridized carbons (Fsp3) is 0.600. The van der Waals surface area contributed by atoms with Gasteiger partial charge in [0.2, 0.25) is 0 Å². The van der Waals surface area contributed by atoms with Crippen LogP contribution in [0.3, 0.4) is 0 Å². The van der Waals surface area contributed by atoms with Crippen molar-refractivity contribution in [3.8, 4) is 0 Å². The highest BCUT2D eigenvalue weighted by Crippen LogP contribution is 2.05. The minimum absolute atomic E-state index is 0.182. The first-order chi connectivity index (χ1) is 6.86. The molecule has 0 radical (unpaired) electrons. The molecule has 0 saturated carbocycles. The Morgan fingerprint density at radius 2 is 1.73 bits per heavy atom. The van der Waals surface area contributed by atoms with Gasteiger partial charge in [-0.1, -0.05) is 6.58 Å². The molecule has 0 spiro atoms. The van der Waals surface area contributed by atoms with Crippen LogP contribution >= 0.6 is 0 Å². The molecule has 0 aliphatic heterocycles. The second-order valence-corrected chi connectivity index (χ2v) is 3.63. The summed E-state index contributed by atoms with van der Waals surface area (Å²) in [6.45, 7) is 5.10. The number of nitrogens with two attached hydrogens (primary N) is 2. The molecule has 86 valence electrons. The predicted octanol–water partition coefficient (Wildman–Crippen LogP) is 0.0411. The van der Waals surface area contributed by atoms with E-state index in [0.717, 1.165) is 0 Å². The van der Waals surface area contributed by atoms with E-state index in [-0.39, 0.29) is 5.78 Å². The standard InChI is InChI=1S/C10H18N2O3/c1-6(2)9(13)7(11)4-3-5-8(12)10(14)15/h7-8H,1,3-5,11-12H2,2H3,(H,14,15)/t7?,8-/m0/s1. The van der Waals surface area contributed by atoms with E-state index < -0.39 is 18.1 Å². The van der Waals surface area contributed by atoms with E-state index in [9.17, 15) is 9.59 Å². The number of carboxylic acids is 1. The van der Waals surface area contributed by atoms with Crippen molar-refractivity contribution in [1.82, 2.24) is 0 Å². The Hall–Kier alpha value is -1.20. The lowest BCUT2D eigenvalue weighted by Gasteiger charge is -2.11. The summed E-state index contributed by atoms with van der Waals surface area (Å²) >= 11 is 0. The van der Waals surface area contributed by atoms with Gasteiger partial charge in [0.15, 0.2) is 5.78 Å². The average molecular weight is 214 g/mol. The zero-order valence-corrected chi connectivity index (χ0v) is 8.90. The van der Waals surface area contributed by atoms with Crippen molar-refractivity contribution in [3.05, 3.63) is 12.2 Å². The number of carboxylic acid groups (broad SMARTS) is 1. The summed E-state index contributed by atoms with van der Waals surface area (Å²) < 4.78 is 0. The van der Waals surface area contributed by atoms with Gasteiger partial charge in [-0.3, -0.25) is 9.59 Å². The van der Waals surface area contributed by atoms with Crippen LogP contribution in [-0.4, -0.2) is 28.9 Å². The molecule has 0 aromatic heterocycles. The molecule has 5 heteroatoms. The van der Waals surface area contributed by atoms with Crippen molar-refractivity contribution in [3.63, 3.8) is 0 Å². The zero-order valence-electron chi connectivity index (χ0n) is 8.90. The quantitative estimate of drug-likeness (QED) is 0.519. The van der Waals surface area contributed by atoms with Crippen LogP contribution in [0.5, 0.6) is 0 Å². The molecule has 0 aromatic rings. The van der Waals surface area contributed by atoms with E-state index in [0.29, 0.717) is 24.8 Å². The summed E-state index contributed by atoms with van der Waals surface area (Å²) in [5.74, 6) is -1.21. The maximum Gasteiger partial charge on any atom is 0.320 e. The summed E-state index contributed by atoms with van der Waals surface area (Å²) in [7, 11) is 0. The predicted molar refractivity (Wildman–Crippen MR) is 57.3 cm³/mol. The molecule has 0 fully saturated rings. The molecule has 0 aromatic carbocycles. The van der Waals surface area contributed by atoms with Crippen LogP contribution in [0.15, 0.2) is 12.2 Å². The monoisotopic (exact) mass is 214 g/mol. The number of ketones is 1. The summed E-state index contributed by atoms with van der Waals surface area (Å²) in [4.78, 5) is 21.7. The molecule has 0 saturated heterocycles. The maximum atomic E-state index is 11.3. The second kappa shape index (κ2) is 6.31. The Balaban J connectivity index is 3.82. The van der Waals surface area contributed by atoms with Gasteiger partial charge >= 0.3 is 5.97 Å². The van der Waals surface area contributed by atoms with E-state index >= 15 is 0 Å². The first kappa shape index (κ1) is 13.8. The third kappa shape index (κ3) is 5.29. The number of hydrogen-bond acceptors (Lipinski definition) is 4. The fourth-order valence-corrected chi connectivity index (χ4v) is 1.13. The summed E-state index contributed by atoms with van der Waals surface area (Å²) in [6.07, 6.45) is 1.28. The van der Waals surface area contributed by atoms with Gasteiger partial charge in [0.1, 0.15) is 6.04 Å². The van der Waals surface area contributed by atoms with E-state index in [4.69, 9.17) is 16.6 Å². The van der Waals surface area contributed by atoms with Crippen LogP contribution in [0.1, 0.15) is 26.2 Å². The Kier molecular flexibility index (Phi) is 5.81. The molecule has 0 bridgehead atoms. The number of Topliss-reactive ketones (excluding diaryl/α,β-unsaturated/α-hetero) is 1. The van der Waals surface area contributed by atoms with E-state index in [1.165, 1.54) is 0 Å². The van der Waals surface area contributed by atoms with Gasteiger partial charge in [-0.05, 0) is 31.8 Å². The van der Waals surface area contributed by atoms with Crippen LogP contribution in [0, 0.1) is 0 Å². The smallest absolute Gasteiger partial charge is 0.320 e. The van der Waals surface area contributed by atoms with Crippen molar-refractivity contribution in [2.45, 2.75) is 38.3 Å². The van der Waals surface area contributed by atoms with Crippen molar-refractivity contribution < 1.29 is 14.7 Å². The van der Waals surface area contributed by atoms with Crippen LogP contribution in [0.25, 0.3) is 0 Å². The third-order valence-electron chi connectivity index (χ3n) is 2.10. The fourth-order valence-electron chi connectivity index (χ4n) is 1.13. The minimum Gasteiger partial charge on any atom is -0.480 e. The maximum absolute atomic E-state index is 11.3. The largest absolute Gasteiger partial charge is 0.480 e. The first-order valence-electron chi connectivity index (χ1n) is 4.80. The van der Waals surface area contributed by atoms with Crippen molar-refractivity contribution >= 4 is 11.8 Å². The highest BCUT2D eigenvalue weighted by molar-refractivity contribution is 5.98. The molecule has 0 heterocycles. The molecule has 2 atom stereocenters. The summed E-state index contributed by atoms with van der Waals surface area (Å²) in [5, 5.41) is 8.51. The zero-order chi connectivity index (χ0) is 12.0. The van der Waals surface area contributed by atoms with Crippen LogP contribution < -0.4 is 11.5 Å². The summed E-state index contributed by atoms with van der Waals surface area (Å²) in [6, 6.07) is -1.47. The molecule has 0 rings (SSSR count). The molecule has 5 N–H and O–H groups in total. The number of carbonyl (C=O) groups excluding carboxylic acids is 1. The lowest BCUT2D eigenvalue weighted by atomic mass is 10.0. The van der Waals surface area contributed by atoms with E-state index in [2.05, 4.69) is 6.58 Å². The SMILES string of the molecule is C=C(C)C(=O)C(N)CCC[C@H](N)C(=O)O. The Bertz CT molecular complexity index is 263. The Morgan fingerprint density at radius 1 is 1.27 bits per heavy atom. The van der Waals surface area contributed by atoms with Gasteiger partial charge < -0.3 is 16.6 Å². The van der Waals surface area contributed by atoms with Gasteiger partial charge in [-0.15, -0.1) is 0 Å². The van der Waals surface area contributed by atoms with Crippen molar-refractivity contribution in [2.75, 3.05) is 0 Å². The van der Waals surface area contributed by atoms with Gasteiger partial charge in [0.25, 0.3) is 0 Å². The Morgan fingerprint density at radius 3 is 2.13 bits per heavy atom. The molecule has 5 nitrogen and oxygen atoms in total. The number of hydrogen-bond donors (Lipinski definition) is 3. The molecule has 0 aliphatic carbocycles. The van der Waals surface area contributed by atoms with Gasteiger partial charge in [0.05, 0.1) is 6.04 Å². The lowest BCUT2D eigenvalue weighted by molar-refractivity contribution is -0.138. The van der Waals surface area contributed by atoms with Crippen LogP contribution in [0.4, 0.5) is 0 Å². The molecule has 0 amide bonds. The van der Waals surface area contributed by atoms with Crippen molar-refractivity contribution in [1.29, 1.82) is 0 Å². The second-order valence-electron chi connectivity index (χ2n) is 3.63. The lowest BCUT2D eigenvalue weighted by Crippen LogP contribution is -2.33. The average Bonchev–Trinajstić information content (AvgIpc) is 2.15. The van der Waals surface area contributed by atoms with Crippen LogP contribution in [-0.2, 0) is 9.59 Å². The topological polar surface area (TPSA) is 106 Å². The third-order valence-corrected chi connectivity index (χ3v) is 2.10. The molecule has 15 heavy (non-hydrogen) atoms. The highest BCUT2D eigenvalue weighted by Gasteiger charge is 2.16. The first-order valence-corrected chi connectivity index (χ1v) is 4.80. The molecule has 1 unspecified atom stereocenters. The van der Waals surface area contributed by atoms with E-state index in [1.54, 1.807) is 6.92 Å². The van der Waals surface area contributed by atoms with E-state index in [1.807, 2.05) is 0 Å². The summed E-state index contributed by atoms with van der Waals surface area (Å²) in [5.41, 5.74) is 11.3. The minimum atomic E-state index is -1.03. The van der Waals surface area contributed by atoms with Crippen molar-refractivity contribution in [2.24, 2.45) is 11.5 Å². The van der Waals surface area contributed by atoms with Gasteiger partial charge in [0, 0.05) is 0 Å².